The molecule has 1 fully saturated rings. The van der Waals surface area contributed by atoms with Crippen LogP contribution in [0.1, 0.15) is 29.6 Å². The number of hydrogen-bond donors (Lipinski definition) is 1. The summed E-state index contributed by atoms with van der Waals surface area (Å²) >= 11 is 4.71. The van der Waals surface area contributed by atoms with Crippen LogP contribution in [0.4, 0.5) is 5.13 Å². The molecule has 0 saturated carbocycles. The molecule has 3 aromatic rings. The van der Waals surface area contributed by atoms with Gasteiger partial charge in [-0.1, -0.05) is 0 Å². The van der Waals surface area contributed by atoms with Crippen molar-refractivity contribution in [3.05, 3.63) is 38.2 Å². The second-order valence-corrected chi connectivity index (χ2v) is 10.8. The van der Waals surface area contributed by atoms with Gasteiger partial charge >= 0.3 is 0 Å². The third kappa shape index (κ3) is 4.40. The molecule has 10 heteroatoms. The molecule has 160 valence electrons. The van der Waals surface area contributed by atoms with Gasteiger partial charge in [-0.2, -0.15) is 0 Å². The topological polar surface area (TPSA) is 82.2 Å². The molecule has 3 aromatic heterocycles. The highest BCUT2D eigenvalue weighted by Gasteiger charge is 2.24. The molecule has 7 nitrogen and oxygen atoms in total. The van der Waals surface area contributed by atoms with Crippen LogP contribution in [-0.4, -0.2) is 57.2 Å². The number of thiophene rings is 1. The van der Waals surface area contributed by atoms with Crippen molar-refractivity contribution < 1.29 is 4.79 Å². The van der Waals surface area contributed by atoms with Crippen molar-refractivity contribution in [3.63, 3.8) is 0 Å². The van der Waals surface area contributed by atoms with Gasteiger partial charge in [0.15, 0.2) is 5.13 Å². The highest BCUT2D eigenvalue weighted by atomic mass is 32.2. The zero-order valence-electron chi connectivity index (χ0n) is 17.3. The maximum atomic E-state index is 13.0. The van der Waals surface area contributed by atoms with Gasteiger partial charge in [0.25, 0.3) is 5.56 Å². The summed E-state index contributed by atoms with van der Waals surface area (Å²) < 4.78 is 0. The number of H-pyrrole nitrogens is 1. The normalized spacial score (nSPS) is 16.1. The van der Waals surface area contributed by atoms with Gasteiger partial charge in [-0.05, 0) is 32.8 Å². The summed E-state index contributed by atoms with van der Waals surface area (Å²) in [7, 11) is 0. The summed E-state index contributed by atoms with van der Waals surface area (Å²) in [5.41, 5.74) is 0.908. The van der Waals surface area contributed by atoms with Crippen LogP contribution in [0.3, 0.4) is 0 Å². The summed E-state index contributed by atoms with van der Waals surface area (Å²) in [5.74, 6) is 1.28. The molecule has 30 heavy (non-hydrogen) atoms. The molecule has 1 atom stereocenters. The lowest BCUT2D eigenvalue weighted by Crippen LogP contribution is -2.39. The van der Waals surface area contributed by atoms with E-state index in [-0.39, 0.29) is 16.7 Å². The van der Waals surface area contributed by atoms with Gasteiger partial charge in [0.1, 0.15) is 10.7 Å². The predicted molar refractivity (Wildman–Crippen MR) is 126 cm³/mol. The Morgan fingerprint density at radius 3 is 2.90 bits per heavy atom. The van der Waals surface area contributed by atoms with Gasteiger partial charge in [-0.15, -0.1) is 34.4 Å². The summed E-state index contributed by atoms with van der Waals surface area (Å²) in [4.78, 5) is 43.4. The molecule has 0 spiro atoms. The summed E-state index contributed by atoms with van der Waals surface area (Å²) in [6.45, 7) is 9.10. The number of carbonyl (C=O) groups is 1. The Morgan fingerprint density at radius 2 is 2.13 bits per heavy atom. The number of thioether (sulfide) groups is 1. The van der Waals surface area contributed by atoms with Gasteiger partial charge < -0.3 is 14.8 Å². The van der Waals surface area contributed by atoms with Gasteiger partial charge in [-0.25, -0.2) is 9.97 Å². The van der Waals surface area contributed by atoms with Crippen molar-refractivity contribution in [2.75, 3.05) is 31.1 Å². The monoisotopic (exact) mass is 463 g/mol. The minimum atomic E-state index is -0.191. The van der Waals surface area contributed by atoms with E-state index >= 15 is 0 Å². The smallest absolute Gasteiger partial charge is 0.259 e. The zero-order chi connectivity index (χ0) is 21.3. The molecule has 4 heterocycles. The van der Waals surface area contributed by atoms with Crippen LogP contribution in [0.15, 0.2) is 16.4 Å². The number of rotatable bonds is 5. The molecular formula is C20H25N5O2S3. The zero-order valence-corrected chi connectivity index (χ0v) is 19.8. The summed E-state index contributed by atoms with van der Waals surface area (Å²) in [6.07, 6.45) is 2.76. The Hall–Kier alpha value is -1.91. The Kier molecular flexibility index (Phi) is 6.45. The van der Waals surface area contributed by atoms with Crippen LogP contribution in [0.25, 0.3) is 10.2 Å². The molecular weight excluding hydrogens is 438 g/mol. The fourth-order valence-corrected chi connectivity index (χ4v) is 6.18. The van der Waals surface area contributed by atoms with Crippen molar-refractivity contribution in [2.45, 2.75) is 38.2 Å². The van der Waals surface area contributed by atoms with Crippen LogP contribution in [0.5, 0.6) is 0 Å². The number of aryl methyl sites for hydroxylation is 2. The first-order valence-corrected chi connectivity index (χ1v) is 12.7. The Balaban J connectivity index is 1.37. The lowest BCUT2D eigenvalue weighted by molar-refractivity contribution is -0.130. The number of fused-ring (bicyclic) bond motifs is 1. The number of aromatic amines is 1. The molecule has 4 rings (SSSR count). The Bertz CT molecular complexity index is 1090. The fraction of sp³-hybridized carbons (Fsp3) is 0.500. The number of hydrogen-bond acceptors (Lipinski definition) is 8. The van der Waals surface area contributed by atoms with Gasteiger partial charge in [-0.3, -0.25) is 9.59 Å². The van der Waals surface area contributed by atoms with Crippen LogP contribution < -0.4 is 10.5 Å². The first-order chi connectivity index (χ1) is 14.4. The van der Waals surface area contributed by atoms with Crippen LogP contribution in [-0.2, 0) is 10.5 Å². The minimum Gasteiger partial charge on any atom is -0.346 e. The first kappa shape index (κ1) is 21.3. The third-order valence-electron chi connectivity index (χ3n) is 5.40. The fourth-order valence-electron chi connectivity index (χ4n) is 3.60. The highest BCUT2D eigenvalue weighted by Crippen LogP contribution is 2.27. The number of thiazole rings is 1. The Labute approximate surface area is 187 Å². The largest absolute Gasteiger partial charge is 0.346 e. The average Bonchev–Trinajstić information content (AvgIpc) is 3.27. The SMILES string of the molecule is Cc1sc2nc(CSC(C)C(=O)N3CCCN(c4nccs4)CC3)[nH]c(=O)c2c1C. The number of carbonyl (C=O) groups excluding carboxylic acids is 1. The second kappa shape index (κ2) is 9.07. The molecule has 1 amide bonds. The van der Waals surface area contributed by atoms with E-state index in [1.807, 2.05) is 37.2 Å². The predicted octanol–water partition coefficient (Wildman–Crippen LogP) is 3.42. The second-order valence-electron chi connectivity index (χ2n) is 7.41. The molecule has 0 aliphatic carbocycles. The van der Waals surface area contributed by atoms with Crippen molar-refractivity contribution in [3.8, 4) is 0 Å². The van der Waals surface area contributed by atoms with Crippen molar-refractivity contribution in [2.24, 2.45) is 0 Å². The lowest BCUT2D eigenvalue weighted by atomic mass is 10.2. The molecule has 0 radical (unpaired) electrons. The lowest BCUT2D eigenvalue weighted by Gasteiger charge is -2.24. The molecule has 0 bridgehead atoms. The number of nitrogens with zero attached hydrogens (tertiary/aromatic N) is 4. The summed E-state index contributed by atoms with van der Waals surface area (Å²) in [6, 6.07) is 0. The Morgan fingerprint density at radius 1 is 1.30 bits per heavy atom. The molecule has 1 aliphatic heterocycles. The van der Waals surface area contributed by atoms with E-state index in [0.29, 0.717) is 23.5 Å². The molecule has 1 aliphatic rings. The van der Waals surface area contributed by atoms with Crippen molar-refractivity contribution in [1.29, 1.82) is 0 Å². The summed E-state index contributed by atoms with van der Waals surface area (Å²) in [5, 5.41) is 3.50. The van der Waals surface area contributed by atoms with Crippen LogP contribution >= 0.6 is 34.4 Å². The van der Waals surface area contributed by atoms with E-state index < -0.39 is 0 Å². The maximum absolute atomic E-state index is 13.0. The molecule has 1 saturated heterocycles. The first-order valence-electron chi connectivity index (χ1n) is 9.97. The van der Waals surface area contributed by atoms with Crippen LogP contribution in [0.2, 0.25) is 0 Å². The van der Waals surface area contributed by atoms with E-state index in [1.165, 1.54) is 11.8 Å². The van der Waals surface area contributed by atoms with Crippen LogP contribution in [0, 0.1) is 13.8 Å². The van der Waals surface area contributed by atoms with Gasteiger partial charge in [0.05, 0.1) is 16.4 Å². The van der Waals surface area contributed by atoms with E-state index in [2.05, 4.69) is 19.9 Å². The van der Waals surface area contributed by atoms with E-state index in [4.69, 9.17) is 0 Å². The van der Waals surface area contributed by atoms with E-state index in [0.717, 1.165) is 46.5 Å². The number of amides is 1. The van der Waals surface area contributed by atoms with E-state index in [9.17, 15) is 9.59 Å². The van der Waals surface area contributed by atoms with Gasteiger partial charge in [0, 0.05) is 42.6 Å². The maximum Gasteiger partial charge on any atom is 0.259 e. The number of anilines is 1. The molecule has 1 unspecified atom stereocenters. The molecule has 1 N–H and O–H groups in total. The number of nitrogens with one attached hydrogen (secondary N) is 1. The number of aromatic nitrogens is 3. The van der Waals surface area contributed by atoms with Crippen molar-refractivity contribution in [1.82, 2.24) is 19.9 Å². The average molecular weight is 464 g/mol. The standard InChI is InChI=1S/C20H25N5O2S3/c1-12-13(2)30-18-16(12)17(26)22-15(23-18)11-29-14(3)19(27)24-6-4-7-25(9-8-24)20-21-5-10-28-20/h5,10,14H,4,6-9,11H2,1-3H3,(H,22,23,26). The minimum absolute atomic E-state index is 0.0915. The van der Waals surface area contributed by atoms with E-state index in [1.54, 1.807) is 22.7 Å². The van der Waals surface area contributed by atoms with Crippen molar-refractivity contribution >= 4 is 55.7 Å². The van der Waals surface area contributed by atoms with Gasteiger partial charge in [0.2, 0.25) is 5.91 Å². The third-order valence-corrected chi connectivity index (χ3v) is 8.48. The highest BCUT2D eigenvalue weighted by molar-refractivity contribution is 7.99. The molecule has 0 aromatic carbocycles. The quantitative estimate of drug-likeness (QED) is 0.624.